The van der Waals surface area contributed by atoms with Gasteiger partial charge in [0.1, 0.15) is 12.4 Å². The van der Waals surface area contributed by atoms with Gasteiger partial charge in [0.15, 0.2) is 0 Å². The maximum absolute atomic E-state index is 11.9. The number of nitrogens with two attached hydrogens (primary N) is 1. The van der Waals surface area contributed by atoms with Crippen molar-refractivity contribution < 1.29 is 22.6 Å². The number of benzene rings is 1. The molecule has 0 aromatic heterocycles. The van der Waals surface area contributed by atoms with E-state index in [4.69, 9.17) is 10.5 Å². The lowest BCUT2D eigenvalue weighted by atomic mass is 10.1. The van der Waals surface area contributed by atoms with Gasteiger partial charge in [-0.15, -0.1) is 0 Å². The number of hydrogen-bond acceptors (Lipinski definition) is 3. The summed E-state index contributed by atoms with van der Waals surface area (Å²) in [5.41, 5.74) is 6.73. The van der Waals surface area contributed by atoms with E-state index in [0.29, 0.717) is 18.8 Å². The largest absolute Gasteiger partial charge is 0.493 e. The van der Waals surface area contributed by atoms with Gasteiger partial charge in [-0.05, 0) is 47.0 Å². The summed E-state index contributed by atoms with van der Waals surface area (Å²) in [5, 5.41) is 0. The van der Waals surface area contributed by atoms with Crippen molar-refractivity contribution in [2.75, 3.05) is 19.8 Å². The summed E-state index contributed by atoms with van der Waals surface area (Å²) in [6, 6.07) is 5.00. The smallest absolute Gasteiger partial charge is 0.411 e. The van der Waals surface area contributed by atoms with Crippen molar-refractivity contribution in [1.82, 2.24) is 0 Å². The normalized spacial score (nSPS) is 13.3. The van der Waals surface area contributed by atoms with E-state index >= 15 is 0 Å². The third-order valence-corrected chi connectivity index (χ3v) is 3.14. The van der Waals surface area contributed by atoms with Crippen LogP contribution in [0.25, 0.3) is 0 Å². The molecule has 0 fully saturated rings. The molecule has 0 saturated carbocycles. The van der Waals surface area contributed by atoms with E-state index in [2.05, 4.69) is 20.7 Å². The first-order chi connectivity index (χ1) is 9.33. The average molecular weight is 356 g/mol. The molecule has 7 heteroatoms. The van der Waals surface area contributed by atoms with E-state index in [9.17, 15) is 13.2 Å². The second-order valence-electron chi connectivity index (χ2n) is 4.19. The molecular formula is C13H17BrF3NO2. The van der Waals surface area contributed by atoms with Crippen molar-refractivity contribution in [1.29, 1.82) is 0 Å². The maximum Gasteiger partial charge on any atom is 0.411 e. The van der Waals surface area contributed by atoms with Gasteiger partial charge in [0.05, 0.1) is 11.1 Å². The molecule has 1 aromatic carbocycles. The average Bonchev–Trinajstić information content (AvgIpc) is 2.36. The quantitative estimate of drug-likeness (QED) is 0.756. The fourth-order valence-corrected chi connectivity index (χ4v) is 2.10. The Bertz CT molecular complexity index is 427. The zero-order valence-corrected chi connectivity index (χ0v) is 12.6. The predicted octanol–water partition coefficient (Wildman–Crippen LogP) is 3.82. The number of hydrogen-bond donors (Lipinski definition) is 1. The molecule has 0 amide bonds. The SMILES string of the molecule is CCOc1ccc(C(N)CCOCC(F)(F)F)cc1Br. The molecule has 1 aromatic rings. The van der Waals surface area contributed by atoms with Crippen LogP contribution in [0.3, 0.4) is 0 Å². The van der Waals surface area contributed by atoms with Gasteiger partial charge >= 0.3 is 6.18 Å². The van der Waals surface area contributed by atoms with Crippen LogP contribution in [-0.2, 0) is 4.74 Å². The zero-order valence-electron chi connectivity index (χ0n) is 11.0. The summed E-state index contributed by atoms with van der Waals surface area (Å²) in [6.07, 6.45) is -3.98. The summed E-state index contributed by atoms with van der Waals surface area (Å²) in [6.45, 7) is 1.15. The molecule has 1 atom stereocenters. The highest BCUT2D eigenvalue weighted by atomic mass is 79.9. The summed E-state index contributed by atoms with van der Waals surface area (Å²) < 4.78 is 46.4. The molecule has 2 N–H and O–H groups in total. The molecule has 20 heavy (non-hydrogen) atoms. The predicted molar refractivity (Wildman–Crippen MR) is 73.7 cm³/mol. The molecule has 1 rings (SSSR count). The van der Waals surface area contributed by atoms with Crippen LogP contribution in [0, 0.1) is 0 Å². The Hall–Kier alpha value is -0.790. The maximum atomic E-state index is 11.9. The van der Waals surface area contributed by atoms with Crippen molar-refractivity contribution in [2.24, 2.45) is 5.73 Å². The monoisotopic (exact) mass is 355 g/mol. The van der Waals surface area contributed by atoms with Gasteiger partial charge in [-0.3, -0.25) is 0 Å². The highest BCUT2D eigenvalue weighted by Gasteiger charge is 2.27. The lowest BCUT2D eigenvalue weighted by Crippen LogP contribution is -2.19. The van der Waals surface area contributed by atoms with Crippen LogP contribution in [-0.4, -0.2) is 26.0 Å². The van der Waals surface area contributed by atoms with Crippen molar-refractivity contribution in [2.45, 2.75) is 25.6 Å². The Morgan fingerprint density at radius 3 is 2.60 bits per heavy atom. The number of halogens is 4. The summed E-state index contributed by atoms with van der Waals surface area (Å²) in [5.74, 6) is 0.705. The zero-order chi connectivity index (χ0) is 15.2. The van der Waals surface area contributed by atoms with Crippen LogP contribution in [0.5, 0.6) is 5.75 Å². The second-order valence-corrected chi connectivity index (χ2v) is 5.04. The molecule has 0 saturated heterocycles. The molecule has 0 aliphatic rings. The minimum atomic E-state index is -4.30. The first kappa shape index (κ1) is 17.3. The minimum absolute atomic E-state index is 0.0362. The highest BCUT2D eigenvalue weighted by molar-refractivity contribution is 9.10. The van der Waals surface area contributed by atoms with Gasteiger partial charge in [-0.2, -0.15) is 13.2 Å². The fraction of sp³-hybridized carbons (Fsp3) is 0.538. The molecule has 0 radical (unpaired) electrons. The number of alkyl halides is 3. The summed E-state index contributed by atoms with van der Waals surface area (Å²) >= 11 is 3.36. The van der Waals surface area contributed by atoms with Crippen molar-refractivity contribution in [3.63, 3.8) is 0 Å². The van der Waals surface area contributed by atoms with Crippen LogP contribution in [0.4, 0.5) is 13.2 Å². The van der Waals surface area contributed by atoms with E-state index in [1.54, 1.807) is 18.2 Å². The second kappa shape index (κ2) is 7.85. The molecule has 0 spiro atoms. The minimum Gasteiger partial charge on any atom is -0.493 e. The molecule has 114 valence electrons. The first-order valence-corrected chi connectivity index (χ1v) is 6.95. The molecular weight excluding hydrogens is 339 g/mol. The van der Waals surface area contributed by atoms with E-state index in [1.807, 2.05) is 6.92 Å². The van der Waals surface area contributed by atoms with Crippen LogP contribution in [0.2, 0.25) is 0 Å². The van der Waals surface area contributed by atoms with E-state index in [-0.39, 0.29) is 12.6 Å². The molecule has 3 nitrogen and oxygen atoms in total. The van der Waals surface area contributed by atoms with Gasteiger partial charge in [0.2, 0.25) is 0 Å². The fourth-order valence-electron chi connectivity index (χ4n) is 1.59. The van der Waals surface area contributed by atoms with E-state index in [1.165, 1.54) is 0 Å². The van der Waals surface area contributed by atoms with Crippen LogP contribution >= 0.6 is 15.9 Å². The molecule has 1 unspecified atom stereocenters. The van der Waals surface area contributed by atoms with Gasteiger partial charge in [0, 0.05) is 12.6 Å². The summed E-state index contributed by atoms with van der Waals surface area (Å²) in [7, 11) is 0. The van der Waals surface area contributed by atoms with Crippen molar-refractivity contribution in [3.05, 3.63) is 28.2 Å². The molecule has 0 heterocycles. The van der Waals surface area contributed by atoms with Crippen LogP contribution in [0.1, 0.15) is 24.9 Å². The standard InChI is InChI=1S/C13H17BrF3NO2/c1-2-20-12-4-3-9(7-10(12)14)11(18)5-6-19-8-13(15,16)17/h3-4,7,11H,2,5-6,8,18H2,1H3. The van der Waals surface area contributed by atoms with Crippen LogP contribution in [0.15, 0.2) is 22.7 Å². The Morgan fingerprint density at radius 1 is 1.35 bits per heavy atom. The van der Waals surface area contributed by atoms with Crippen molar-refractivity contribution >= 4 is 15.9 Å². The Balaban J connectivity index is 2.47. The van der Waals surface area contributed by atoms with Gasteiger partial charge in [0.25, 0.3) is 0 Å². The third kappa shape index (κ3) is 6.11. The Morgan fingerprint density at radius 2 is 2.05 bits per heavy atom. The molecule has 0 aliphatic carbocycles. The first-order valence-electron chi connectivity index (χ1n) is 6.16. The highest BCUT2D eigenvalue weighted by Crippen LogP contribution is 2.28. The van der Waals surface area contributed by atoms with E-state index < -0.39 is 12.8 Å². The number of rotatable bonds is 7. The van der Waals surface area contributed by atoms with Gasteiger partial charge in [-0.25, -0.2) is 0 Å². The topological polar surface area (TPSA) is 44.5 Å². The lowest BCUT2D eigenvalue weighted by molar-refractivity contribution is -0.174. The van der Waals surface area contributed by atoms with Crippen LogP contribution < -0.4 is 10.5 Å². The lowest BCUT2D eigenvalue weighted by Gasteiger charge is -2.15. The molecule has 0 bridgehead atoms. The molecule has 0 aliphatic heterocycles. The van der Waals surface area contributed by atoms with Gasteiger partial charge in [-0.1, -0.05) is 6.07 Å². The van der Waals surface area contributed by atoms with Crippen molar-refractivity contribution in [3.8, 4) is 5.75 Å². The third-order valence-electron chi connectivity index (χ3n) is 2.52. The summed E-state index contributed by atoms with van der Waals surface area (Å²) in [4.78, 5) is 0. The van der Waals surface area contributed by atoms with Gasteiger partial charge < -0.3 is 15.2 Å². The number of ether oxygens (including phenoxy) is 2. The Kier molecular flexibility index (Phi) is 6.78. The Labute approximate surface area is 124 Å². The van der Waals surface area contributed by atoms with E-state index in [0.717, 1.165) is 10.0 Å².